The number of aromatic nitrogens is 1. The first-order chi connectivity index (χ1) is 12.0. The number of rotatable bonds is 2. The van der Waals surface area contributed by atoms with Crippen LogP contribution in [-0.4, -0.2) is 10.2 Å². The second-order valence-electron chi connectivity index (χ2n) is 5.45. The molecule has 3 aromatic rings. The molecular formula is C17H8BrF6NO. The van der Waals surface area contributed by atoms with E-state index in [0.29, 0.717) is 0 Å². The minimum atomic E-state index is -4.54. The van der Waals surface area contributed by atoms with Crippen molar-refractivity contribution in [3.05, 3.63) is 75.5 Å². The lowest BCUT2D eigenvalue weighted by atomic mass is 10.1. The minimum Gasteiger partial charge on any atom is -0.312 e. The molecule has 0 aliphatic carbocycles. The molecular weight excluding hydrogens is 428 g/mol. The van der Waals surface area contributed by atoms with E-state index in [1.165, 1.54) is 10.5 Å². The standard InChI is InChI=1S/C17H8BrF6NO/c18-12-8-14(25-6-5-11(7-13(12)25)17(22,23)24)15(26)9-1-3-10(4-2-9)16(19,20)21/h1-8H. The fourth-order valence-electron chi connectivity index (χ4n) is 2.47. The van der Waals surface area contributed by atoms with E-state index in [1.807, 2.05) is 0 Å². The van der Waals surface area contributed by atoms with E-state index in [-0.39, 0.29) is 21.2 Å². The Morgan fingerprint density at radius 3 is 1.96 bits per heavy atom. The molecule has 0 N–H and O–H groups in total. The monoisotopic (exact) mass is 435 g/mol. The maximum absolute atomic E-state index is 12.8. The summed E-state index contributed by atoms with van der Waals surface area (Å²) >= 11 is 3.11. The molecule has 136 valence electrons. The van der Waals surface area contributed by atoms with E-state index in [1.54, 1.807) is 0 Å². The Labute approximate surface area is 151 Å². The van der Waals surface area contributed by atoms with Gasteiger partial charge in [-0.3, -0.25) is 4.79 Å². The van der Waals surface area contributed by atoms with Crippen molar-refractivity contribution in [2.75, 3.05) is 0 Å². The van der Waals surface area contributed by atoms with Gasteiger partial charge in [-0.2, -0.15) is 26.3 Å². The molecule has 0 saturated carbocycles. The highest BCUT2D eigenvalue weighted by atomic mass is 79.9. The predicted octanol–water partition coefficient (Wildman–Crippen LogP) is 5.97. The maximum Gasteiger partial charge on any atom is 0.416 e. The number of fused-ring (bicyclic) bond motifs is 1. The summed E-state index contributed by atoms with van der Waals surface area (Å²) in [6.45, 7) is 0. The zero-order chi connectivity index (χ0) is 19.3. The number of alkyl halides is 6. The molecule has 3 rings (SSSR count). The molecule has 0 radical (unpaired) electrons. The fourth-order valence-corrected chi connectivity index (χ4v) is 2.99. The summed E-state index contributed by atoms with van der Waals surface area (Å²) in [7, 11) is 0. The van der Waals surface area contributed by atoms with Gasteiger partial charge in [-0.15, -0.1) is 0 Å². The summed E-state index contributed by atoms with van der Waals surface area (Å²) in [5.74, 6) is -0.612. The molecule has 26 heavy (non-hydrogen) atoms. The molecule has 0 atom stereocenters. The van der Waals surface area contributed by atoms with Gasteiger partial charge in [-0.05, 0) is 46.3 Å². The van der Waals surface area contributed by atoms with Gasteiger partial charge in [0, 0.05) is 16.2 Å². The Kier molecular flexibility index (Phi) is 4.38. The summed E-state index contributed by atoms with van der Waals surface area (Å²) in [5.41, 5.74) is -1.64. The summed E-state index contributed by atoms with van der Waals surface area (Å²) in [6.07, 6.45) is -7.97. The van der Waals surface area contributed by atoms with Crippen molar-refractivity contribution in [1.82, 2.24) is 4.40 Å². The average Bonchev–Trinajstić information content (AvgIpc) is 2.89. The highest BCUT2D eigenvalue weighted by molar-refractivity contribution is 9.10. The van der Waals surface area contributed by atoms with Gasteiger partial charge < -0.3 is 4.40 Å². The van der Waals surface area contributed by atoms with Gasteiger partial charge in [0.25, 0.3) is 0 Å². The molecule has 0 spiro atoms. The van der Waals surface area contributed by atoms with Gasteiger partial charge >= 0.3 is 12.4 Å². The fraction of sp³-hybridized carbons (Fsp3) is 0.118. The second kappa shape index (κ2) is 6.15. The van der Waals surface area contributed by atoms with Crippen molar-refractivity contribution in [2.24, 2.45) is 0 Å². The van der Waals surface area contributed by atoms with Crippen LogP contribution in [0.4, 0.5) is 26.3 Å². The van der Waals surface area contributed by atoms with Crippen molar-refractivity contribution in [1.29, 1.82) is 0 Å². The van der Waals surface area contributed by atoms with Crippen molar-refractivity contribution in [3.63, 3.8) is 0 Å². The molecule has 0 bridgehead atoms. The Morgan fingerprint density at radius 1 is 0.846 bits per heavy atom. The number of benzene rings is 1. The van der Waals surface area contributed by atoms with Crippen LogP contribution in [0.3, 0.4) is 0 Å². The molecule has 1 aromatic carbocycles. The first kappa shape index (κ1) is 18.5. The van der Waals surface area contributed by atoms with Crippen molar-refractivity contribution < 1.29 is 31.1 Å². The Balaban J connectivity index is 2.04. The SMILES string of the molecule is O=C(c1ccc(C(F)(F)F)cc1)c1cc(Br)c2cc(C(F)(F)F)ccn12. The summed E-state index contributed by atoms with van der Waals surface area (Å²) < 4.78 is 77.8. The van der Waals surface area contributed by atoms with Gasteiger partial charge in [0.05, 0.1) is 22.3 Å². The maximum atomic E-state index is 12.8. The number of carbonyl (C=O) groups is 1. The zero-order valence-electron chi connectivity index (χ0n) is 12.6. The van der Waals surface area contributed by atoms with Gasteiger partial charge in [0.1, 0.15) is 0 Å². The van der Waals surface area contributed by atoms with Crippen molar-refractivity contribution in [2.45, 2.75) is 12.4 Å². The largest absolute Gasteiger partial charge is 0.416 e. The van der Waals surface area contributed by atoms with Crippen LogP contribution in [0.2, 0.25) is 0 Å². The lowest BCUT2D eigenvalue weighted by molar-refractivity contribution is -0.138. The van der Waals surface area contributed by atoms with Crippen LogP contribution < -0.4 is 0 Å². The Morgan fingerprint density at radius 2 is 1.42 bits per heavy atom. The lowest BCUT2D eigenvalue weighted by Gasteiger charge is -2.09. The Hall–Kier alpha value is -2.29. The molecule has 2 aromatic heterocycles. The van der Waals surface area contributed by atoms with E-state index in [0.717, 1.165) is 42.6 Å². The van der Waals surface area contributed by atoms with E-state index in [2.05, 4.69) is 15.9 Å². The predicted molar refractivity (Wildman–Crippen MR) is 85.0 cm³/mol. The smallest absolute Gasteiger partial charge is 0.312 e. The number of hydrogen-bond donors (Lipinski definition) is 0. The molecule has 0 saturated heterocycles. The van der Waals surface area contributed by atoms with E-state index in [4.69, 9.17) is 0 Å². The third-order valence-electron chi connectivity index (χ3n) is 3.76. The van der Waals surface area contributed by atoms with Gasteiger partial charge in [0.15, 0.2) is 0 Å². The topological polar surface area (TPSA) is 21.5 Å². The number of pyridine rings is 1. The zero-order valence-corrected chi connectivity index (χ0v) is 14.2. The summed E-state index contributed by atoms with van der Waals surface area (Å²) in [4.78, 5) is 12.6. The quantitative estimate of drug-likeness (QED) is 0.358. The van der Waals surface area contributed by atoms with Crippen LogP contribution in [0.15, 0.2) is 53.1 Å². The normalized spacial score (nSPS) is 12.6. The Bertz CT molecular complexity index is 985. The van der Waals surface area contributed by atoms with Crippen LogP contribution in [0.1, 0.15) is 27.2 Å². The minimum absolute atomic E-state index is 0.00945. The van der Waals surface area contributed by atoms with Gasteiger partial charge in [0.2, 0.25) is 5.78 Å². The number of carbonyl (C=O) groups excluding carboxylic acids is 1. The summed E-state index contributed by atoms with van der Waals surface area (Å²) in [6, 6.07) is 6.65. The molecule has 0 aliphatic rings. The molecule has 0 amide bonds. The number of ketones is 1. The number of halogens is 7. The molecule has 0 fully saturated rings. The van der Waals surface area contributed by atoms with Crippen LogP contribution in [0.5, 0.6) is 0 Å². The van der Waals surface area contributed by atoms with Crippen molar-refractivity contribution in [3.8, 4) is 0 Å². The first-order valence-corrected chi connectivity index (χ1v) is 7.87. The van der Waals surface area contributed by atoms with E-state index < -0.39 is 29.3 Å². The first-order valence-electron chi connectivity index (χ1n) is 7.08. The molecule has 0 aliphatic heterocycles. The number of nitrogens with zero attached hydrogens (tertiary/aromatic N) is 1. The highest BCUT2D eigenvalue weighted by Crippen LogP contribution is 2.33. The van der Waals surface area contributed by atoms with Crippen LogP contribution in [-0.2, 0) is 12.4 Å². The number of hydrogen-bond acceptors (Lipinski definition) is 1. The third-order valence-corrected chi connectivity index (χ3v) is 4.39. The van der Waals surface area contributed by atoms with Crippen LogP contribution >= 0.6 is 15.9 Å². The van der Waals surface area contributed by atoms with E-state index >= 15 is 0 Å². The summed E-state index contributed by atoms with van der Waals surface area (Å²) in [5, 5.41) is 0. The second-order valence-corrected chi connectivity index (χ2v) is 6.30. The molecule has 2 heterocycles. The molecule has 9 heteroatoms. The molecule has 2 nitrogen and oxygen atoms in total. The lowest BCUT2D eigenvalue weighted by Crippen LogP contribution is -2.09. The van der Waals surface area contributed by atoms with Crippen LogP contribution in [0, 0.1) is 0 Å². The van der Waals surface area contributed by atoms with Crippen LogP contribution in [0.25, 0.3) is 5.52 Å². The van der Waals surface area contributed by atoms with Gasteiger partial charge in [-0.1, -0.05) is 12.1 Å². The van der Waals surface area contributed by atoms with E-state index in [9.17, 15) is 31.1 Å². The van der Waals surface area contributed by atoms with Gasteiger partial charge in [-0.25, -0.2) is 0 Å². The highest BCUT2D eigenvalue weighted by Gasteiger charge is 2.32. The average molecular weight is 436 g/mol. The molecule has 0 unspecified atom stereocenters. The van der Waals surface area contributed by atoms with Crippen molar-refractivity contribution >= 4 is 27.2 Å². The third kappa shape index (κ3) is 3.35.